The number of aliphatic hydroxyl groups is 1. The first-order valence-corrected chi connectivity index (χ1v) is 6.38. The lowest BCUT2D eigenvalue weighted by Gasteiger charge is -2.28. The van der Waals surface area contributed by atoms with Crippen molar-refractivity contribution in [2.75, 3.05) is 11.9 Å². The first kappa shape index (κ1) is 12.2. The summed E-state index contributed by atoms with van der Waals surface area (Å²) < 4.78 is 0. The van der Waals surface area contributed by atoms with Gasteiger partial charge in [0.2, 0.25) is 0 Å². The fourth-order valence-corrected chi connectivity index (χ4v) is 2.44. The number of nitrogens with one attached hydrogen (secondary N) is 1. The van der Waals surface area contributed by atoms with E-state index in [1.807, 2.05) is 6.07 Å². The fraction of sp³-hybridized carbons (Fsp3) is 0.467. The zero-order chi connectivity index (χ0) is 12.1. The minimum atomic E-state index is 0.168. The monoisotopic (exact) mass is 231 g/mol. The molecule has 0 heterocycles. The van der Waals surface area contributed by atoms with Gasteiger partial charge >= 0.3 is 0 Å². The molecular weight excluding hydrogens is 210 g/mol. The Morgan fingerprint density at radius 2 is 2.29 bits per heavy atom. The highest BCUT2D eigenvalue weighted by atomic mass is 16.3. The van der Waals surface area contributed by atoms with Gasteiger partial charge in [0.05, 0.1) is 12.6 Å². The van der Waals surface area contributed by atoms with Gasteiger partial charge in [-0.2, -0.15) is 0 Å². The summed E-state index contributed by atoms with van der Waals surface area (Å²) in [6.45, 7) is 2.29. The van der Waals surface area contributed by atoms with Crippen molar-refractivity contribution in [1.29, 1.82) is 0 Å². The number of benzene rings is 1. The molecule has 2 nitrogen and oxygen atoms in total. The molecule has 1 aromatic carbocycles. The van der Waals surface area contributed by atoms with Crippen molar-refractivity contribution in [3.63, 3.8) is 0 Å². The lowest BCUT2D eigenvalue weighted by Crippen LogP contribution is -2.33. The van der Waals surface area contributed by atoms with Crippen molar-refractivity contribution >= 4 is 5.69 Å². The summed E-state index contributed by atoms with van der Waals surface area (Å²) in [5.41, 5.74) is 2.36. The number of allylic oxidation sites excluding steroid dienone is 2. The van der Waals surface area contributed by atoms with Gasteiger partial charge in [0.25, 0.3) is 0 Å². The molecule has 2 atom stereocenters. The van der Waals surface area contributed by atoms with Crippen LogP contribution in [0.4, 0.5) is 5.69 Å². The van der Waals surface area contributed by atoms with Gasteiger partial charge in [0, 0.05) is 5.69 Å². The van der Waals surface area contributed by atoms with Gasteiger partial charge in [-0.1, -0.05) is 24.3 Å². The average Bonchev–Trinajstić information content (AvgIpc) is 2.37. The number of hydrogen-bond acceptors (Lipinski definition) is 2. The topological polar surface area (TPSA) is 32.3 Å². The molecule has 0 fully saturated rings. The Bertz CT molecular complexity index is 386. The van der Waals surface area contributed by atoms with E-state index >= 15 is 0 Å². The number of anilines is 1. The minimum absolute atomic E-state index is 0.168. The molecule has 2 N–H and O–H groups in total. The van der Waals surface area contributed by atoms with Crippen molar-refractivity contribution in [2.45, 2.75) is 32.2 Å². The van der Waals surface area contributed by atoms with Crippen LogP contribution >= 0.6 is 0 Å². The summed E-state index contributed by atoms with van der Waals surface area (Å²) in [6.07, 6.45) is 7.84. The molecule has 0 spiro atoms. The van der Waals surface area contributed by atoms with Gasteiger partial charge in [-0.05, 0) is 49.8 Å². The molecule has 0 radical (unpaired) electrons. The maximum Gasteiger partial charge on any atom is 0.0635 e. The fourth-order valence-electron chi connectivity index (χ4n) is 2.44. The summed E-state index contributed by atoms with van der Waals surface area (Å²) in [7, 11) is 0. The number of aryl methyl sites for hydroxylation is 1. The molecule has 92 valence electrons. The largest absolute Gasteiger partial charge is 0.394 e. The minimum Gasteiger partial charge on any atom is -0.394 e. The maximum absolute atomic E-state index is 9.52. The normalized spacial score (nSPS) is 21.2. The van der Waals surface area contributed by atoms with E-state index in [0.717, 1.165) is 18.5 Å². The second kappa shape index (κ2) is 5.87. The smallest absolute Gasteiger partial charge is 0.0635 e. The third-order valence-corrected chi connectivity index (χ3v) is 3.45. The Balaban J connectivity index is 2.01. The third-order valence-electron chi connectivity index (χ3n) is 3.45. The van der Waals surface area contributed by atoms with E-state index in [-0.39, 0.29) is 12.6 Å². The molecule has 1 aliphatic rings. The Kier molecular flexibility index (Phi) is 4.21. The molecule has 2 unspecified atom stereocenters. The van der Waals surface area contributed by atoms with Crippen LogP contribution in [-0.2, 0) is 0 Å². The van der Waals surface area contributed by atoms with Crippen LogP contribution in [0.3, 0.4) is 0 Å². The van der Waals surface area contributed by atoms with Gasteiger partial charge in [-0.25, -0.2) is 0 Å². The molecule has 0 aromatic heterocycles. The number of hydrogen-bond donors (Lipinski definition) is 2. The lowest BCUT2D eigenvalue weighted by atomic mass is 9.88. The molecular formula is C15H21NO. The summed E-state index contributed by atoms with van der Waals surface area (Å²) in [6, 6.07) is 8.49. The third kappa shape index (κ3) is 3.34. The quantitative estimate of drug-likeness (QED) is 0.780. The van der Waals surface area contributed by atoms with E-state index in [9.17, 15) is 5.11 Å². The van der Waals surface area contributed by atoms with E-state index in [0.29, 0.717) is 5.92 Å². The highest BCUT2D eigenvalue weighted by Gasteiger charge is 2.20. The van der Waals surface area contributed by atoms with Crippen molar-refractivity contribution in [3.05, 3.63) is 42.0 Å². The molecule has 0 saturated carbocycles. The first-order chi connectivity index (χ1) is 8.29. The Morgan fingerprint density at radius 3 is 2.94 bits per heavy atom. The predicted octanol–water partition coefficient (Wildman–Crippen LogP) is 3.12. The maximum atomic E-state index is 9.52. The molecule has 0 aliphatic heterocycles. The number of aliphatic hydroxyl groups excluding tert-OH is 1. The van der Waals surface area contributed by atoms with Gasteiger partial charge in [-0.3, -0.25) is 0 Å². The molecule has 0 amide bonds. The van der Waals surface area contributed by atoms with E-state index in [2.05, 4.69) is 42.6 Å². The zero-order valence-corrected chi connectivity index (χ0v) is 10.4. The van der Waals surface area contributed by atoms with Crippen LogP contribution in [-0.4, -0.2) is 17.8 Å². The van der Waals surface area contributed by atoms with Crippen molar-refractivity contribution in [1.82, 2.24) is 0 Å². The Labute approximate surface area is 103 Å². The second-order valence-electron chi connectivity index (χ2n) is 4.85. The lowest BCUT2D eigenvalue weighted by molar-refractivity contribution is 0.230. The van der Waals surface area contributed by atoms with Gasteiger partial charge < -0.3 is 10.4 Å². The van der Waals surface area contributed by atoms with Crippen LogP contribution < -0.4 is 5.32 Å². The highest BCUT2D eigenvalue weighted by Crippen LogP contribution is 2.24. The predicted molar refractivity (Wildman–Crippen MR) is 72.2 cm³/mol. The summed E-state index contributed by atoms with van der Waals surface area (Å²) >= 11 is 0. The van der Waals surface area contributed by atoms with Crippen molar-refractivity contribution < 1.29 is 5.11 Å². The molecule has 2 heteroatoms. The molecule has 0 bridgehead atoms. The van der Waals surface area contributed by atoms with E-state index in [1.165, 1.54) is 12.0 Å². The summed E-state index contributed by atoms with van der Waals surface area (Å²) in [4.78, 5) is 0. The van der Waals surface area contributed by atoms with Crippen LogP contribution in [0.2, 0.25) is 0 Å². The zero-order valence-electron chi connectivity index (χ0n) is 10.4. The molecule has 1 aliphatic carbocycles. The second-order valence-corrected chi connectivity index (χ2v) is 4.85. The van der Waals surface area contributed by atoms with Crippen molar-refractivity contribution in [2.24, 2.45) is 5.92 Å². The van der Waals surface area contributed by atoms with E-state index in [1.54, 1.807) is 0 Å². The van der Waals surface area contributed by atoms with Crippen molar-refractivity contribution in [3.8, 4) is 0 Å². The highest BCUT2D eigenvalue weighted by molar-refractivity contribution is 5.46. The van der Waals surface area contributed by atoms with Gasteiger partial charge in [0.1, 0.15) is 0 Å². The van der Waals surface area contributed by atoms with Crippen LogP contribution in [0.15, 0.2) is 36.4 Å². The first-order valence-electron chi connectivity index (χ1n) is 6.38. The summed E-state index contributed by atoms with van der Waals surface area (Å²) in [5, 5.41) is 13.0. The van der Waals surface area contributed by atoms with Crippen LogP contribution in [0, 0.1) is 12.8 Å². The van der Waals surface area contributed by atoms with Crippen LogP contribution in [0.5, 0.6) is 0 Å². The van der Waals surface area contributed by atoms with E-state index in [4.69, 9.17) is 0 Å². The number of rotatable bonds is 4. The Hall–Kier alpha value is -1.28. The molecule has 0 saturated heterocycles. The molecule has 17 heavy (non-hydrogen) atoms. The van der Waals surface area contributed by atoms with Gasteiger partial charge in [-0.15, -0.1) is 0 Å². The van der Waals surface area contributed by atoms with Gasteiger partial charge in [0.15, 0.2) is 0 Å². The molecule has 2 rings (SSSR count). The van der Waals surface area contributed by atoms with Crippen LogP contribution in [0.25, 0.3) is 0 Å². The SMILES string of the molecule is Cc1cccc(NC(CO)C2CC=CCC2)c1. The summed E-state index contributed by atoms with van der Waals surface area (Å²) in [5.74, 6) is 0.547. The standard InChI is InChI=1S/C15H21NO/c1-12-6-5-9-14(10-12)16-15(11-17)13-7-3-2-4-8-13/h2-3,5-6,9-10,13,15-17H,4,7-8,11H2,1H3. The molecule has 1 aromatic rings. The van der Waals surface area contributed by atoms with Crippen LogP contribution in [0.1, 0.15) is 24.8 Å². The average molecular weight is 231 g/mol. The van der Waals surface area contributed by atoms with E-state index < -0.39 is 0 Å². The Morgan fingerprint density at radius 1 is 1.41 bits per heavy atom.